The number of carbonyl (C=O) groups is 1. The highest BCUT2D eigenvalue weighted by Crippen LogP contribution is 2.37. The van der Waals surface area contributed by atoms with Crippen LogP contribution in [0.15, 0.2) is 18.7 Å². The molecule has 3 rings (SSSR count). The maximum atomic E-state index is 12.0. The van der Waals surface area contributed by atoms with Gasteiger partial charge in [0.1, 0.15) is 6.33 Å². The van der Waals surface area contributed by atoms with Crippen molar-refractivity contribution in [2.45, 2.75) is 31.0 Å². The van der Waals surface area contributed by atoms with E-state index in [-0.39, 0.29) is 24.1 Å². The predicted octanol–water partition coefficient (Wildman–Crippen LogP) is -0.289. The van der Waals surface area contributed by atoms with Gasteiger partial charge in [-0.3, -0.25) is 4.79 Å². The van der Waals surface area contributed by atoms with E-state index in [4.69, 9.17) is 10.5 Å². The lowest BCUT2D eigenvalue weighted by atomic mass is 9.68. The predicted molar refractivity (Wildman–Crippen MR) is 63.7 cm³/mol. The molecule has 2 heterocycles. The van der Waals surface area contributed by atoms with Crippen LogP contribution >= 0.6 is 0 Å². The van der Waals surface area contributed by atoms with E-state index in [0.29, 0.717) is 11.5 Å². The maximum absolute atomic E-state index is 12.0. The zero-order chi connectivity index (χ0) is 12.5. The number of hydrogen-bond donors (Lipinski definition) is 2. The van der Waals surface area contributed by atoms with Gasteiger partial charge < -0.3 is 15.8 Å². The molecule has 1 aliphatic carbocycles. The Bertz CT molecular complexity index is 439. The van der Waals surface area contributed by atoms with Crippen LogP contribution in [0.5, 0.6) is 0 Å². The van der Waals surface area contributed by atoms with Gasteiger partial charge in [-0.2, -0.15) is 0 Å². The van der Waals surface area contributed by atoms with Crippen molar-refractivity contribution in [3.8, 4) is 0 Å². The molecule has 96 valence electrons. The fourth-order valence-electron chi connectivity index (χ4n) is 2.78. The first-order valence-electron chi connectivity index (χ1n) is 6.20. The molecular weight excluding hydrogens is 232 g/mol. The van der Waals surface area contributed by atoms with Gasteiger partial charge in [0.2, 0.25) is 0 Å². The third-order valence-corrected chi connectivity index (χ3v) is 3.80. The van der Waals surface area contributed by atoms with Crippen molar-refractivity contribution >= 4 is 5.91 Å². The zero-order valence-electron chi connectivity index (χ0n) is 9.95. The number of ether oxygens (including phenoxy) is 1. The van der Waals surface area contributed by atoms with Crippen molar-refractivity contribution in [2.24, 2.45) is 11.7 Å². The first kappa shape index (κ1) is 11.6. The van der Waals surface area contributed by atoms with Gasteiger partial charge in [0.15, 0.2) is 0 Å². The van der Waals surface area contributed by atoms with Crippen LogP contribution < -0.4 is 11.1 Å². The summed E-state index contributed by atoms with van der Waals surface area (Å²) in [6.07, 6.45) is 6.60. The molecule has 2 fully saturated rings. The first-order valence-corrected chi connectivity index (χ1v) is 6.20. The molecule has 6 nitrogen and oxygen atoms in total. The van der Waals surface area contributed by atoms with Crippen LogP contribution in [-0.2, 0) is 4.74 Å². The molecule has 0 radical (unpaired) electrons. The normalized spacial score (nSPS) is 34.3. The monoisotopic (exact) mass is 248 g/mol. The summed E-state index contributed by atoms with van der Waals surface area (Å²) in [5.41, 5.74) is 6.53. The number of rotatable bonds is 2. The van der Waals surface area contributed by atoms with E-state index < -0.39 is 0 Å². The summed E-state index contributed by atoms with van der Waals surface area (Å²) in [4.78, 5) is 19.6. The molecule has 0 spiro atoms. The topological polar surface area (TPSA) is 90.1 Å². The number of nitrogens with two attached hydrogens (primary N) is 1. The Morgan fingerprint density at radius 3 is 3.00 bits per heavy atom. The minimum Gasteiger partial charge on any atom is -0.376 e. The molecule has 2 aliphatic rings. The van der Waals surface area contributed by atoms with E-state index in [1.54, 1.807) is 0 Å². The lowest BCUT2D eigenvalue weighted by molar-refractivity contribution is -0.117. The van der Waals surface area contributed by atoms with Crippen LogP contribution in [0.4, 0.5) is 0 Å². The molecule has 1 aromatic heterocycles. The Hall–Kier alpha value is -1.53. The summed E-state index contributed by atoms with van der Waals surface area (Å²) in [6.45, 7) is 0.759. The van der Waals surface area contributed by atoms with Gasteiger partial charge in [-0.1, -0.05) is 0 Å². The molecule has 4 atom stereocenters. The van der Waals surface area contributed by atoms with Crippen LogP contribution in [0.25, 0.3) is 0 Å². The molecule has 3 N–H and O–H groups in total. The average Bonchev–Trinajstić information content (AvgIpc) is 2.45. The second-order valence-corrected chi connectivity index (χ2v) is 4.85. The van der Waals surface area contributed by atoms with E-state index in [1.165, 1.54) is 18.7 Å². The van der Waals surface area contributed by atoms with Crippen molar-refractivity contribution in [3.05, 3.63) is 24.3 Å². The Labute approximate surface area is 105 Å². The first-order chi connectivity index (χ1) is 8.77. The highest BCUT2D eigenvalue weighted by atomic mass is 16.5. The smallest absolute Gasteiger partial charge is 0.254 e. The average molecular weight is 248 g/mol. The van der Waals surface area contributed by atoms with Gasteiger partial charge in [-0.15, -0.1) is 0 Å². The number of nitrogens with one attached hydrogen (secondary N) is 1. The van der Waals surface area contributed by atoms with Gasteiger partial charge >= 0.3 is 0 Å². The summed E-state index contributed by atoms with van der Waals surface area (Å²) < 4.78 is 5.67. The minimum atomic E-state index is -0.191. The molecule has 1 saturated heterocycles. The summed E-state index contributed by atoms with van der Waals surface area (Å²) in [7, 11) is 0. The summed E-state index contributed by atoms with van der Waals surface area (Å²) in [6, 6.07) is -0.105. The van der Waals surface area contributed by atoms with E-state index in [0.717, 1.165) is 19.4 Å². The molecule has 1 saturated carbocycles. The highest BCUT2D eigenvalue weighted by Gasteiger charge is 2.51. The summed E-state index contributed by atoms with van der Waals surface area (Å²) in [5, 5.41) is 2.91. The number of carbonyl (C=O) groups excluding carboxylic acids is 1. The van der Waals surface area contributed by atoms with Crippen molar-refractivity contribution in [1.29, 1.82) is 0 Å². The van der Waals surface area contributed by atoms with Crippen molar-refractivity contribution in [3.63, 3.8) is 0 Å². The zero-order valence-corrected chi connectivity index (χ0v) is 9.95. The number of fused-ring (bicyclic) bond motifs is 1. The Morgan fingerprint density at radius 2 is 2.22 bits per heavy atom. The molecule has 4 unspecified atom stereocenters. The van der Waals surface area contributed by atoms with Crippen molar-refractivity contribution < 1.29 is 9.53 Å². The Kier molecular flexibility index (Phi) is 2.97. The third kappa shape index (κ3) is 1.87. The lowest BCUT2D eigenvalue weighted by Gasteiger charge is -2.52. The Morgan fingerprint density at radius 1 is 1.44 bits per heavy atom. The molecule has 0 bridgehead atoms. The van der Waals surface area contributed by atoms with Gasteiger partial charge in [-0.25, -0.2) is 9.97 Å². The van der Waals surface area contributed by atoms with E-state index in [9.17, 15) is 4.79 Å². The molecular formula is C12H16N4O2. The third-order valence-electron chi connectivity index (χ3n) is 3.80. The van der Waals surface area contributed by atoms with Crippen LogP contribution in [0.2, 0.25) is 0 Å². The van der Waals surface area contributed by atoms with Crippen molar-refractivity contribution in [2.75, 3.05) is 6.61 Å². The number of aromatic nitrogens is 2. The number of hydrogen-bond acceptors (Lipinski definition) is 5. The van der Waals surface area contributed by atoms with Crippen LogP contribution in [0.1, 0.15) is 23.2 Å². The summed E-state index contributed by atoms with van der Waals surface area (Å²) >= 11 is 0. The Balaban J connectivity index is 1.65. The van der Waals surface area contributed by atoms with Crippen LogP contribution in [0, 0.1) is 5.92 Å². The van der Waals surface area contributed by atoms with Gasteiger partial charge in [0.25, 0.3) is 5.91 Å². The highest BCUT2D eigenvalue weighted by molar-refractivity contribution is 5.93. The van der Waals surface area contributed by atoms with Crippen molar-refractivity contribution in [1.82, 2.24) is 15.3 Å². The molecule has 1 amide bonds. The number of nitrogens with zero attached hydrogens (tertiary/aromatic N) is 2. The molecule has 1 aromatic rings. The van der Waals surface area contributed by atoms with E-state index in [1.807, 2.05) is 0 Å². The van der Waals surface area contributed by atoms with Gasteiger partial charge in [0, 0.05) is 31.0 Å². The van der Waals surface area contributed by atoms with E-state index >= 15 is 0 Å². The SMILES string of the molecule is NC1C2CCCOC2C1NC(=O)c1cncnc1. The largest absolute Gasteiger partial charge is 0.376 e. The minimum absolute atomic E-state index is 0.0103. The molecule has 0 aromatic carbocycles. The van der Waals surface area contributed by atoms with Gasteiger partial charge in [-0.05, 0) is 12.8 Å². The standard InChI is InChI=1S/C12H16N4O2/c13-9-8-2-1-3-18-11(8)10(9)16-12(17)7-4-14-6-15-5-7/h4-6,8-11H,1-3,13H2,(H,16,17). The maximum Gasteiger partial charge on any atom is 0.254 e. The fourth-order valence-corrected chi connectivity index (χ4v) is 2.78. The second kappa shape index (κ2) is 4.62. The van der Waals surface area contributed by atoms with Crippen LogP contribution in [-0.4, -0.2) is 40.7 Å². The van der Waals surface area contributed by atoms with Crippen LogP contribution in [0.3, 0.4) is 0 Å². The summed E-state index contributed by atoms with van der Waals surface area (Å²) in [5.74, 6) is 0.194. The fraction of sp³-hybridized carbons (Fsp3) is 0.583. The second-order valence-electron chi connectivity index (χ2n) is 4.85. The lowest BCUT2D eigenvalue weighted by Crippen LogP contribution is -2.72. The van der Waals surface area contributed by atoms with Gasteiger partial charge in [0.05, 0.1) is 17.7 Å². The number of amides is 1. The quantitative estimate of drug-likeness (QED) is 0.750. The molecule has 6 heteroatoms. The molecule has 1 aliphatic heterocycles. The molecule has 18 heavy (non-hydrogen) atoms. The van der Waals surface area contributed by atoms with E-state index in [2.05, 4.69) is 15.3 Å².